The minimum absolute atomic E-state index is 0.230. The molecule has 1 aliphatic rings. The molecule has 0 fully saturated rings. The van der Waals surface area contributed by atoms with E-state index in [0.29, 0.717) is 0 Å². The fourth-order valence-corrected chi connectivity index (χ4v) is 2.05. The fraction of sp³-hybridized carbons (Fsp3) is 0.524. The molecule has 0 aliphatic heterocycles. The highest BCUT2D eigenvalue weighted by Gasteiger charge is 2.29. The average molecular weight is 289 g/mol. The summed E-state index contributed by atoms with van der Waals surface area (Å²) in [5.41, 5.74) is 3.24. The van der Waals surface area contributed by atoms with Gasteiger partial charge in [0, 0.05) is 5.41 Å². The molecule has 0 atom stereocenters. The van der Waals surface area contributed by atoms with Crippen LogP contribution in [0.1, 0.15) is 67.7 Å². The zero-order chi connectivity index (χ0) is 16.7. The van der Waals surface area contributed by atoms with E-state index < -0.39 is 0 Å². The molecule has 0 heterocycles. The smallest absolute Gasteiger partial charge is 0.0105 e. The lowest BCUT2D eigenvalue weighted by Crippen LogP contribution is -2.11. The van der Waals surface area contributed by atoms with Crippen LogP contribution in [0.15, 0.2) is 60.3 Å². The molecule has 0 saturated heterocycles. The van der Waals surface area contributed by atoms with Crippen LogP contribution in [0.5, 0.6) is 0 Å². The Bertz CT molecular complexity index is 373. The Morgan fingerprint density at radius 1 is 1.14 bits per heavy atom. The lowest BCUT2D eigenvalue weighted by molar-refractivity contribution is 0.564. The van der Waals surface area contributed by atoms with Gasteiger partial charge in [-0.05, 0) is 31.8 Å². The van der Waals surface area contributed by atoms with Crippen LogP contribution < -0.4 is 0 Å². The minimum atomic E-state index is 0.230. The van der Waals surface area contributed by atoms with Gasteiger partial charge in [-0.25, -0.2) is 0 Å². The highest BCUT2D eigenvalue weighted by molar-refractivity contribution is 5.42. The summed E-state index contributed by atoms with van der Waals surface area (Å²) in [4.78, 5) is 0. The second kappa shape index (κ2) is 13.7. The van der Waals surface area contributed by atoms with Gasteiger partial charge in [-0.15, -0.1) is 6.58 Å². The van der Waals surface area contributed by atoms with Crippen LogP contribution in [0.25, 0.3) is 0 Å². The van der Waals surface area contributed by atoms with Crippen molar-refractivity contribution in [2.24, 2.45) is 5.41 Å². The summed E-state index contributed by atoms with van der Waals surface area (Å²) < 4.78 is 0. The van der Waals surface area contributed by atoms with Crippen LogP contribution in [-0.4, -0.2) is 0 Å². The minimum Gasteiger partial charge on any atom is -0.103 e. The molecule has 120 valence electrons. The van der Waals surface area contributed by atoms with Gasteiger partial charge in [0.15, 0.2) is 0 Å². The molecule has 21 heavy (non-hydrogen) atoms. The lowest BCUT2D eigenvalue weighted by Gasteiger charge is -2.23. The number of hydrogen-bond acceptors (Lipinski definition) is 0. The molecule has 1 rings (SSSR count). The largest absolute Gasteiger partial charge is 0.103 e. The molecule has 0 nitrogen and oxygen atoms in total. The summed E-state index contributed by atoms with van der Waals surface area (Å²) in [7, 11) is 0. The fourth-order valence-electron chi connectivity index (χ4n) is 2.05. The van der Waals surface area contributed by atoms with Crippen molar-refractivity contribution in [3.05, 3.63) is 60.3 Å². The Balaban J connectivity index is 0. The molecule has 0 saturated carbocycles. The zero-order valence-corrected chi connectivity index (χ0v) is 15.4. The van der Waals surface area contributed by atoms with Crippen LogP contribution in [0.3, 0.4) is 0 Å². The molecule has 0 aromatic carbocycles. The van der Waals surface area contributed by atoms with Crippen LogP contribution in [0, 0.1) is 5.41 Å². The standard InChI is InChI=1S/C15H22.C4H8.C2H6/c1-5-7-8-10-14-12-11-13(9-6-2)15(14,3)4;1-3-4-2;1-2/h5,7-10,12H,6,11H2,1-4H3;3H,1,4H2,2H3;1-2H3/b7-5-,10-8-,13-9+;;. The lowest BCUT2D eigenvalue weighted by atomic mass is 9.81. The first kappa shape index (κ1) is 22.0. The van der Waals surface area contributed by atoms with Gasteiger partial charge in [0.25, 0.3) is 0 Å². The van der Waals surface area contributed by atoms with Crippen molar-refractivity contribution in [3.63, 3.8) is 0 Å². The topological polar surface area (TPSA) is 0 Å². The van der Waals surface area contributed by atoms with Gasteiger partial charge < -0.3 is 0 Å². The van der Waals surface area contributed by atoms with Gasteiger partial charge in [0.1, 0.15) is 0 Å². The predicted octanol–water partition coefficient (Wildman–Crippen LogP) is 7.42. The van der Waals surface area contributed by atoms with Crippen molar-refractivity contribution in [2.45, 2.75) is 67.7 Å². The molecule has 0 radical (unpaired) electrons. The molecule has 0 N–H and O–H groups in total. The maximum atomic E-state index is 3.48. The molecular formula is C21H36. The second-order valence-electron chi connectivity index (χ2n) is 5.21. The Hall–Kier alpha value is -1.30. The van der Waals surface area contributed by atoms with Crippen molar-refractivity contribution < 1.29 is 0 Å². The number of allylic oxidation sites excluding steroid dienone is 9. The van der Waals surface area contributed by atoms with Gasteiger partial charge in [-0.1, -0.05) is 89.6 Å². The second-order valence-corrected chi connectivity index (χ2v) is 5.21. The van der Waals surface area contributed by atoms with Crippen molar-refractivity contribution in [2.75, 3.05) is 0 Å². The molecular weight excluding hydrogens is 252 g/mol. The van der Waals surface area contributed by atoms with Gasteiger partial charge in [0.05, 0.1) is 0 Å². The SMILES string of the molecule is C/C=C\C=C/C1=CC/C(=C\CC)C1(C)C.C=CCC.CC. The van der Waals surface area contributed by atoms with Crippen LogP contribution >= 0.6 is 0 Å². The van der Waals surface area contributed by atoms with Crippen LogP contribution in [-0.2, 0) is 0 Å². The monoisotopic (exact) mass is 288 g/mol. The highest BCUT2D eigenvalue weighted by atomic mass is 14.3. The third kappa shape index (κ3) is 8.55. The Morgan fingerprint density at radius 3 is 2.14 bits per heavy atom. The zero-order valence-electron chi connectivity index (χ0n) is 15.4. The first-order valence-corrected chi connectivity index (χ1v) is 8.34. The molecule has 0 aromatic rings. The highest BCUT2D eigenvalue weighted by Crippen LogP contribution is 2.43. The Morgan fingerprint density at radius 2 is 1.71 bits per heavy atom. The quantitative estimate of drug-likeness (QED) is 0.373. The normalized spacial score (nSPS) is 18.0. The van der Waals surface area contributed by atoms with Crippen molar-refractivity contribution >= 4 is 0 Å². The average Bonchev–Trinajstić information content (AvgIpc) is 2.78. The van der Waals surface area contributed by atoms with Crippen LogP contribution in [0.2, 0.25) is 0 Å². The van der Waals surface area contributed by atoms with E-state index in [0.717, 1.165) is 19.3 Å². The van der Waals surface area contributed by atoms with Gasteiger partial charge in [0.2, 0.25) is 0 Å². The first-order valence-electron chi connectivity index (χ1n) is 8.34. The van der Waals surface area contributed by atoms with E-state index in [-0.39, 0.29) is 5.41 Å². The molecule has 1 aliphatic carbocycles. The van der Waals surface area contributed by atoms with E-state index >= 15 is 0 Å². The maximum absolute atomic E-state index is 3.48. The van der Waals surface area contributed by atoms with Crippen molar-refractivity contribution in [1.82, 2.24) is 0 Å². The summed E-state index contributed by atoms with van der Waals surface area (Å²) in [5, 5.41) is 0. The number of hydrogen-bond donors (Lipinski definition) is 0. The summed E-state index contributed by atoms with van der Waals surface area (Å²) in [5.74, 6) is 0. The molecule has 0 spiro atoms. The molecule has 0 heteroatoms. The number of rotatable bonds is 4. The summed E-state index contributed by atoms with van der Waals surface area (Å²) in [6.45, 7) is 18.4. The van der Waals surface area contributed by atoms with E-state index in [9.17, 15) is 0 Å². The van der Waals surface area contributed by atoms with E-state index in [1.54, 1.807) is 5.57 Å². The first-order chi connectivity index (χ1) is 10.0. The molecule has 0 amide bonds. The molecule has 0 bridgehead atoms. The van der Waals surface area contributed by atoms with Crippen LogP contribution in [0.4, 0.5) is 0 Å². The molecule has 0 unspecified atom stereocenters. The van der Waals surface area contributed by atoms with Gasteiger partial charge >= 0.3 is 0 Å². The summed E-state index contributed by atoms with van der Waals surface area (Å²) in [6.07, 6.45) is 18.4. The van der Waals surface area contributed by atoms with E-state index in [2.05, 4.69) is 70.7 Å². The summed E-state index contributed by atoms with van der Waals surface area (Å²) >= 11 is 0. The third-order valence-electron chi connectivity index (χ3n) is 3.38. The van der Waals surface area contributed by atoms with Gasteiger partial charge in [-0.3, -0.25) is 0 Å². The van der Waals surface area contributed by atoms with Crippen molar-refractivity contribution in [1.29, 1.82) is 0 Å². The summed E-state index contributed by atoms with van der Waals surface area (Å²) in [6, 6.07) is 0. The predicted molar refractivity (Wildman–Crippen MR) is 101 cm³/mol. The third-order valence-corrected chi connectivity index (χ3v) is 3.38. The Labute approximate surface area is 134 Å². The van der Waals surface area contributed by atoms with E-state index in [1.165, 1.54) is 5.57 Å². The van der Waals surface area contributed by atoms with E-state index in [1.807, 2.05) is 26.8 Å². The maximum Gasteiger partial charge on any atom is 0.0105 e. The van der Waals surface area contributed by atoms with Crippen molar-refractivity contribution in [3.8, 4) is 0 Å². The van der Waals surface area contributed by atoms with Gasteiger partial charge in [-0.2, -0.15) is 0 Å². The van der Waals surface area contributed by atoms with E-state index in [4.69, 9.17) is 0 Å². The molecule has 0 aromatic heterocycles. The Kier molecular flexibility index (Phi) is 14.3.